The van der Waals surface area contributed by atoms with Crippen LogP contribution in [0.2, 0.25) is 0 Å². The number of carbonyl (C=O) groups excluding carboxylic acids is 1. The second-order valence-corrected chi connectivity index (χ2v) is 9.12. The molecule has 1 atom stereocenters. The molecule has 0 unspecified atom stereocenters. The van der Waals surface area contributed by atoms with Gasteiger partial charge in [-0.05, 0) is 30.5 Å². The molecule has 3 rings (SSSR count). The van der Waals surface area contributed by atoms with E-state index < -0.39 is 15.9 Å². The molecule has 1 fully saturated rings. The van der Waals surface area contributed by atoms with Crippen molar-refractivity contribution in [2.75, 3.05) is 33.9 Å². The molecule has 0 saturated carbocycles. The van der Waals surface area contributed by atoms with Crippen LogP contribution in [0.15, 0.2) is 53.4 Å². The van der Waals surface area contributed by atoms with E-state index in [9.17, 15) is 13.2 Å². The Morgan fingerprint density at radius 3 is 2.58 bits per heavy atom. The van der Waals surface area contributed by atoms with Crippen molar-refractivity contribution in [3.63, 3.8) is 0 Å². The number of amides is 1. The first-order valence-corrected chi connectivity index (χ1v) is 11.5. The second-order valence-electron chi connectivity index (χ2n) is 7.21. The van der Waals surface area contributed by atoms with Crippen molar-refractivity contribution < 1.29 is 27.4 Å². The van der Waals surface area contributed by atoms with E-state index >= 15 is 0 Å². The minimum atomic E-state index is -4.07. The van der Waals surface area contributed by atoms with Crippen molar-refractivity contribution in [2.45, 2.75) is 30.4 Å². The lowest BCUT2D eigenvalue weighted by Crippen LogP contribution is -2.42. The van der Waals surface area contributed by atoms with E-state index in [-0.39, 0.29) is 29.8 Å². The summed E-state index contributed by atoms with van der Waals surface area (Å²) < 4.78 is 44.3. The third-order valence-corrected chi connectivity index (χ3v) is 6.87. The number of nitrogens with zero attached hydrogens (tertiary/aromatic N) is 1. The van der Waals surface area contributed by atoms with E-state index in [0.717, 1.165) is 22.7 Å². The molecule has 1 aliphatic rings. The Labute approximate surface area is 183 Å². The predicted molar refractivity (Wildman–Crippen MR) is 116 cm³/mol. The second kappa shape index (κ2) is 10.6. The summed E-state index contributed by atoms with van der Waals surface area (Å²) >= 11 is 0. The lowest BCUT2D eigenvalue weighted by molar-refractivity contribution is -0.121. The van der Waals surface area contributed by atoms with Crippen LogP contribution in [-0.2, 0) is 26.1 Å². The van der Waals surface area contributed by atoms with E-state index in [1.165, 1.54) is 26.4 Å². The molecule has 2 aromatic rings. The molecule has 168 valence electrons. The molecule has 8 nitrogen and oxygen atoms in total. The maximum absolute atomic E-state index is 13.6. The fourth-order valence-corrected chi connectivity index (χ4v) is 4.94. The fourth-order valence-electron chi connectivity index (χ4n) is 3.39. The molecule has 0 aliphatic carbocycles. The zero-order valence-electron chi connectivity index (χ0n) is 17.7. The Morgan fingerprint density at radius 1 is 1.16 bits per heavy atom. The highest BCUT2D eigenvalue weighted by molar-refractivity contribution is 7.89. The maximum Gasteiger partial charge on any atom is 0.247 e. The monoisotopic (exact) mass is 448 g/mol. The summed E-state index contributed by atoms with van der Waals surface area (Å²) in [4.78, 5) is 12.6. The first kappa shape index (κ1) is 23.1. The van der Waals surface area contributed by atoms with Gasteiger partial charge >= 0.3 is 0 Å². The van der Waals surface area contributed by atoms with Crippen LogP contribution in [-0.4, -0.2) is 58.7 Å². The van der Waals surface area contributed by atoms with Gasteiger partial charge in [0, 0.05) is 25.8 Å². The van der Waals surface area contributed by atoms with Crippen molar-refractivity contribution in [3.8, 4) is 11.5 Å². The number of nitrogens with one attached hydrogen (secondary N) is 1. The van der Waals surface area contributed by atoms with Gasteiger partial charge in [-0.2, -0.15) is 4.31 Å². The molecular weight excluding hydrogens is 420 g/mol. The van der Waals surface area contributed by atoms with Crippen LogP contribution in [0.1, 0.15) is 18.4 Å². The molecule has 31 heavy (non-hydrogen) atoms. The van der Waals surface area contributed by atoms with E-state index in [2.05, 4.69) is 5.32 Å². The van der Waals surface area contributed by atoms with Gasteiger partial charge in [0.1, 0.15) is 16.4 Å². The van der Waals surface area contributed by atoms with Gasteiger partial charge in [0.2, 0.25) is 15.9 Å². The molecule has 1 amide bonds. The predicted octanol–water partition coefficient (Wildman–Crippen LogP) is 2.19. The van der Waals surface area contributed by atoms with E-state index in [4.69, 9.17) is 14.2 Å². The molecule has 1 heterocycles. The molecule has 0 radical (unpaired) electrons. The van der Waals surface area contributed by atoms with Gasteiger partial charge < -0.3 is 19.5 Å². The number of carbonyl (C=O) groups is 1. The van der Waals surface area contributed by atoms with Gasteiger partial charge in [0.15, 0.2) is 0 Å². The summed E-state index contributed by atoms with van der Waals surface area (Å²) in [7, 11) is -1.21. The van der Waals surface area contributed by atoms with Crippen LogP contribution in [0.4, 0.5) is 0 Å². The average molecular weight is 449 g/mol. The molecule has 0 aromatic heterocycles. The average Bonchev–Trinajstić information content (AvgIpc) is 3.31. The normalized spacial score (nSPS) is 16.3. The fraction of sp³-hybridized carbons (Fsp3) is 0.409. The zero-order chi connectivity index (χ0) is 22.3. The maximum atomic E-state index is 13.6. The topological polar surface area (TPSA) is 94.2 Å². The SMILES string of the molecule is COc1ccc(OC)c(S(=O)(=O)N(CC(=O)NC[C@@H]2CCCO2)Cc2ccccc2)c1. The van der Waals surface area contributed by atoms with E-state index in [1.807, 2.05) is 30.3 Å². The number of methoxy groups -OCH3 is 2. The Hall–Kier alpha value is -2.62. The van der Waals surface area contributed by atoms with Crippen molar-refractivity contribution >= 4 is 15.9 Å². The summed E-state index contributed by atoms with van der Waals surface area (Å²) in [5.41, 5.74) is 0.764. The highest BCUT2D eigenvalue weighted by Gasteiger charge is 2.30. The van der Waals surface area contributed by atoms with Crippen LogP contribution in [0.25, 0.3) is 0 Å². The Balaban J connectivity index is 1.86. The van der Waals surface area contributed by atoms with Gasteiger partial charge in [-0.1, -0.05) is 30.3 Å². The van der Waals surface area contributed by atoms with Gasteiger partial charge in [0.25, 0.3) is 0 Å². The number of sulfonamides is 1. The number of hydrogen-bond donors (Lipinski definition) is 1. The first-order valence-electron chi connectivity index (χ1n) is 10.1. The summed E-state index contributed by atoms with van der Waals surface area (Å²) in [5, 5.41) is 2.79. The minimum absolute atomic E-state index is 0.0263. The minimum Gasteiger partial charge on any atom is -0.497 e. The number of ether oxygens (including phenoxy) is 3. The van der Waals surface area contributed by atoms with Crippen LogP contribution in [0.5, 0.6) is 11.5 Å². The number of hydrogen-bond acceptors (Lipinski definition) is 6. The highest BCUT2D eigenvalue weighted by atomic mass is 32.2. The van der Waals surface area contributed by atoms with Crippen LogP contribution >= 0.6 is 0 Å². The van der Waals surface area contributed by atoms with Crippen LogP contribution in [0, 0.1) is 0 Å². The van der Waals surface area contributed by atoms with Crippen molar-refractivity contribution in [2.24, 2.45) is 0 Å². The molecule has 1 N–H and O–H groups in total. The largest absolute Gasteiger partial charge is 0.497 e. The molecule has 0 spiro atoms. The Bertz CT molecular complexity index is 975. The number of rotatable bonds is 10. The summed E-state index contributed by atoms with van der Waals surface area (Å²) in [5.74, 6) is 0.164. The highest BCUT2D eigenvalue weighted by Crippen LogP contribution is 2.31. The van der Waals surface area contributed by atoms with Crippen molar-refractivity contribution in [1.29, 1.82) is 0 Å². The third-order valence-electron chi connectivity index (χ3n) is 5.06. The van der Waals surface area contributed by atoms with Crippen LogP contribution < -0.4 is 14.8 Å². The molecule has 2 aromatic carbocycles. The molecule has 0 bridgehead atoms. The van der Waals surface area contributed by atoms with Gasteiger partial charge in [-0.3, -0.25) is 4.79 Å². The third kappa shape index (κ3) is 5.96. The van der Waals surface area contributed by atoms with Crippen molar-refractivity contribution in [1.82, 2.24) is 9.62 Å². The summed E-state index contributed by atoms with van der Waals surface area (Å²) in [6.07, 6.45) is 1.82. The molecular formula is C22H28N2O6S. The zero-order valence-corrected chi connectivity index (χ0v) is 18.6. The quantitative estimate of drug-likeness (QED) is 0.599. The molecule has 1 aliphatic heterocycles. The first-order chi connectivity index (χ1) is 14.9. The number of benzene rings is 2. The van der Waals surface area contributed by atoms with E-state index in [1.54, 1.807) is 6.07 Å². The summed E-state index contributed by atoms with van der Waals surface area (Å²) in [6.45, 7) is 0.756. The lowest BCUT2D eigenvalue weighted by Gasteiger charge is -2.23. The van der Waals surface area contributed by atoms with Crippen LogP contribution in [0.3, 0.4) is 0 Å². The van der Waals surface area contributed by atoms with Gasteiger partial charge in [0.05, 0.1) is 26.9 Å². The Morgan fingerprint density at radius 2 is 1.94 bits per heavy atom. The smallest absolute Gasteiger partial charge is 0.247 e. The van der Waals surface area contributed by atoms with Gasteiger partial charge in [-0.15, -0.1) is 0 Å². The van der Waals surface area contributed by atoms with Crippen molar-refractivity contribution in [3.05, 3.63) is 54.1 Å². The van der Waals surface area contributed by atoms with Gasteiger partial charge in [-0.25, -0.2) is 8.42 Å². The Kier molecular flexibility index (Phi) is 7.89. The lowest BCUT2D eigenvalue weighted by atomic mass is 10.2. The standard InChI is InChI=1S/C22H28N2O6S/c1-28-18-10-11-20(29-2)21(13-18)31(26,27)24(15-17-7-4-3-5-8-17)16-22(25)23-14-19-9-6-12-30-19/h3-5,7-8,10-11,13,19H,6,9,12,14-16H2,1-2H3,(H,23,25)/t19-/m0/s1. The molecule has 9 heteroatoms. The summed E-state index contributed by atoms with van der Waals surface area (Å²) in [6, 6.07) is 13.7. The molecule has 1 saturated heterocycles. The van der Waals surface area contributed by atoms with E-state index in [0.29, 0.717) is 18.9 Å².